The molecule has 1 atom stereocenters. The summed E-state index contributed by atoms with van der Waals surface area (Å²) in [5, 5.41) is 17.3. The number of aliphatic hydroxyl groups is 1. The predicted molar refractivity (Wildman–Crippen MR) is 79.4 cm³/mol. The minimum atomic E-state index is -0.436. The molecule has 20 heavy (non-hydrogen) atoms. The summed E-state index contributed by atoms with van der Waals surface area (Å²) in [5.74, 6) is 0.285. The Morgan fingerprint density at radius 3 is 2.90 bits per heavy atom. The molecular formula is C16H18FNOS. The summed E-state index contributed by atoms with van der Waals surface area (Å²) in [6, 6.07) is 9.25. The van der Waals surface area contributed by atoms with Crippen LogP contribution < -0.4 is 5.32 Å². The van der Waals surface area contributed by atoms with Crippen molar-refractivity contribution in [1.82, 2.24) is 5.32 Å². The Kier molecular flexibility index (Phi) is 4.15. The zero-order valence-electron chi connectivity index (χ0n) is 11.1. The second-order valence-corrected chi connectivity index (χ2v) is 6.18. The third-order valence-electron chi connectivity index (χ3n) is 3.99. The van der Waals surface area contributed by atoms with Gasteiger partial charge in [-0.1, -0.05) is 12.1 Å². The molecule has 1 aromatic heterocycles. The topological polar surface area (TPSA) is 32.3 Å². The first-order chi connectivity index (χ1) is 9.72. The summed E-state index contributed by atoms with van der Waals surface area (Å²) in [6.45, 7) is 0.581. The van der Waals surface area contributed by atoms with Gasteiger partial charge < -0.3 is 10.4 Å². The van der Waals surface area contributed by atoms with Crippen molar-refractivity contribution in [1.29, 1.82) is 0 Å². The van der Waals surface area contributed by atoms with Gasteiger partial charge in [0.05, 0.1) is 6.10 Å². The maximum Gasteiger partial charge on any atom is 0.123 e. The van der Waals surface area contributed by atoms with E-state index in [1.807, 2.05) is 22.9 Å². The number of nitrogens with one attached hydrogen (secondary N) is 1. The Hall–Kier alpha value is -1.23. The summed E-state index contributed by atoms with van der Waals surface area (Å²) >= 11 is 1.60. The van der Waals surface area contributed by atoms with Gasteiger partial charge in [0.1, 0.15) is 5.82 Å². The van der Waals surface area contributed by atoms with Gasteiger partial charge in [0.25, 0.3) is 0 Å². The SMILES string of the molecule is OC(CNC1CC(c2cccc(F)c2)C1)c1ccsc1. The van der Waals surface area contributed by atoms with Crippen molar-refractivity contribution in [3.63, 3.8) is 0 Å². The van der Waals surface area contributed by atoms with Crippen LogP contribution in [0.2, 0.25) is 0 Å². The normalized spacial score (nSPS) is 23.3. The number of hydrogen-bond donors (Lipinski definition) is 2. The summed E-state index contributed by atoms with van der Waals surface area (Å²) in [5.41, 5.74) is 2.06. The molecule has 2 N–H and O–H groups in total. The molecule has 1 aliphatic carbocycles. The fraction of sp³-hybridized carbons (Fsp3) is 0.375. The molecule has 1 aromatic carbocycles. The van der Waals surface area contributed by atoms with Crippen LogP contribution in [0.25, 0.3) is 0 Å². The first-order valence-corrected chi connectivity index (χ1v) is 7.85. The summed E-state index contributed by atoms with van der Waals surface area (Å²) < 4.78 is 13.1. The number of halogens is 1. The molecule has 0 saturated heterocycles. The van der Waals surface area contributed by atoms with Crippen LogP contribution in [0.4, 0.5) is 4.39 Å². The Bertz CT molecular complexity index is 551. The smallest absolute Gasteiger partial charge is 0.123 e. The van der Waals surface area contributed by atoms with Crippen molar-refractivity contribution in [2.75, 3.05) is 6.54 Å². The van der Waals surface area contributed by atoms with Gasteiger partial charge >= 0.3 is 0 Å². The van der Waals surface area contributed by atoms with Crippen LogP contribution in [0.5, 0.6) is 0 Å². The minimum absolute atomic E-state index is 0.160. The highest BCUT2D eigenvalue weighted by Crippen LogP contribution is 2.37. The van der Waals surface area contributed by atoms with Gasteiger partial charge in [-0.05, 0) is 58.8 Å². The average molecular weight is 291 g/mol. The van der Waals surface area contributed by atoms with Crippen LogP contribution in [0.15, 0.2) is 41.1 Å². The minimum Gasteiger partial charge on any atom is -0.387 e. The van der Waals surface area contributed by atoms with E-state index in [1.54, 1.807) is 23.5 Å². The molecule has 1 heterocycles. The quantitative estimate of drug-likeness (QED) is 0.884. The Labute approximate surface area is 122 Å². The number of thiophene rings is 1. The first kappa shape index (κ1) is 13.7. The summed E-state index contributed by atoms with van der Waals surface area (Å²) in [6.07, 6.45) is 1.59. The third-order valence-corrected chi connectivity index (χ3v) is 4.69. The molecule has 106 valence electrons. The summed E-state index contributed by atoms with van der Waals surface area (Å²) in [4.78, 5) is 0. The lowest BCUT2D eigenvalue weighted by Gasteiger charge is -2.37. The highest BCUT2D eigenvalue weighted by molar-refractivity contribution is 7.07. The van der Waals surface area contributed by atoms with E-state index in [4.69, 9.17) is 0 Å². The van der Waals surface area contributed by atoms with Crippen molar-refractivity contribution in [3.05, 3.63) is 58.0 Å². The van der Waals surface area contributed by atoms with E-state index in [0.29, 0.717) is 18.5 Å². The second kappa shape index (κ2) is 6.04. The molecule has 2 aromatic rings. The van der Waals surface area contributed by atoms with E-state index in [0.717, 1.165) is 24.0 Å². The molecule has 1 fully saturated rings. The molecule has 0 amide bonds. The van der Waals surface area contributed by atoms with E-state index in [1.165, 1.54) is 6.07 Å². The van der Waals surface area contributed by atoms with Crippen molar-refractivity contribution < 1.29 is 9.50 Å². The van der Waals surface area contributed by atoms with E-state index in [2.05, 4.69) is 5.32 Å². The Morgan fingerprint density at radius 2 is 2.20 bits per heavy atom. The standard InChI is InChI=1S/C16H18FNOS/c17-14-3-1-2-11(6-14)13-7-15(8-13)18-9-16(19)12-4-5-20-10-12/h1-6,10,13,15-16,18-19H,7-9H2. The number of benzene rings is 1. The lowest BCUT2D eigenvalue weighted by molar-refractivity contribution is 0.157. The predicted octanol–water partition coefficient (Wildman–Crippen LogP) is 3.46. The Balaban J connectivity index is 1.44. The van der Waals surface area contributed by atoms with Gasteiger partial charge in [-0.3, -0.25) is 0 Å². The maximum absolute atomic E-state index is 13.1. The molecule has 2 nitrogen and oxygen atoms in total. The van der Waals surface area contributed by atoms with Gasteiger partial charge in [0.2, 0.25) is 0 Å². The van der Waals surface area contributed by atoms with Crippen molar-refractivity contribution >= 4 is 11.3 Å². The third kappa shape index (κ3) is 3.08. The molecule has 0 aliphatic heterocycles. The monoisotopic (exact) mass is 291 g/mol. The zero-order valence-corrected chi connectivity index (χ0v) is 11.9. The first-order valence-electron chi connectivity index (χ1n) is 6.91. The molecule has 0 bridgehead atoms. The van der Waals surface area contributed by atoms with E-state index in [-0.39, 0.29) is 5.82 Å². The Morgan fingerprint density at radius 1 is 1.35 bits per heavy atom. The van der Waals surface area contributed by atoms with Crippen molar-refractivity contribution in [2.45, 2.75) is 30.9 Å². The van der Waals surface area contributed by atoms with Gasteiger partial charge in [0.15, 0.2) is 0 Å². The van der Waals surface area contributed by atoms with Gasteiger partial charge in [-0.2, -0.15) is 11.3 Å². The molecule has 1 unspecified atom stereocenters. The lowest BCUT2D eigenvalue weighted by Crippen LogP contribution is -2.41. The van der Waals surface area contributed by atoms with Crippen LogP contribution in [0, 0.1) is 5.82 Å². The van der Waals surface area contributed by atoms with Crippen LogP contribution in [0.1, 0.15) is 36.0 Å². The van der Waals surface area contributed by atoms with Crippen LogP contribution in [-0.4, -0.2) is 17.7 Å². The molecule has 0 radical (unpaired) electrons. The fourth-order valence-corrected chi connectivity index (χ4v) is 3.39. The highest BCUT2D eigenvalue weighted by atomic mass is 32.1. The molecule has 4 heteroatoms. The van der Waals surface area contributed by atoms with E-state index >= 15 is 0 Å². The molecule has 0 spiro atoms. The molecular weight excluding hydrogens is 273 g/mol. The van der Waals surface area contributed by atoms with Crippen LogP contribution in [-0.2, 0) is 0 Å². The zero-order chi connectivity index (χ0) is 13.9. The highest BCUT2D eigenvalue weighted by Gasteiger charge is 2.30. The van der Waals surface area contributed by atoms with Crippen LogP contribution in [0.3, 0.4) is 0 Å². The van der Waals surface area contributed by atoms with Crippen molar-refractivity contribution in [3.8, 4) is 0 Å². The second-order valence-electron chi connectivity index (χ2n) is 5.40. The van der Waals surface area contributed by atoms with Crippen LogP contribution >= 0.6 is 11.3 Å². The lowest BCUT2D eigenvalue weighted by atomic mass is 9.76. The summed E-state index contributed by atoms with van der Waals surface area (Å²) in [7, 11) is 0. The average Bonchev–Trinajstić information content (AvgIpc) is 2.90. The van der Waals surface area contributed by atoms with Crippen molar-refractivity contribution in [2.24, 2.45) is 0 Å². The van der Waals surface area contributed by atoms with Gasteiger partial charge in [0, 0.05) is 12.6 Å². The van der Waals surface area contributed by atoms with Gasteiger partial charge in [-0.15, -0.1) is 0 Å². The molecule has 1 aliphatic rings. The number of rotatable bonds is 5. The van der Waals surface area contributed by atoms with Gasteiger partial charge in [-0.25, -0.2) is 4.39 Å². The number of aliphatic hydroxyl groups excluding tert-OH is 1. The fourth-order valence-electron chi connectivity index (χ4n) is 2.68. The molecule has 1 saturated carbocycles. The number of hydrogen-bond acceptors (Lipinski definition) is 3. The van der Waals surface area contributed by atoms with E-state index in [9.17, 15) is 9.50 Å². The largest absolute Gasteiger partial charge is 0.387 e. The van der Waals surface area contributed by atoms with E-state index < -0.39 is 6.10 Å². The molecule has 3 rings (SSSR count). The maximum atomic E-state index is 13.1.